The number of hydrogen-bond acceptors (Lipinski definition) is 9. The molecule has 0 saturated heterocycles. The molecule has 0 aliphatic carbocycles. The predicted octanol–water partition coefficient (Wildman–Crippen LogP) is -1.56. The molecule has 11 N–H and O–H groups in total. The fourth-order valence-corrected chi connectivity index (χ4v) is 6.09. The van der Waals surface area contributed by atoms with Crippen LogP contribution in [0.25, 0.3) is 11.1 Å². The number of rotatable bonds is 7. The van der Waals surface area contributed by atoms with E-state index in [1.165, 1.54) is 6.20 Å². The first kappa shape index (κ1) is 20.3. The van der Waals surface area contributed by atoms with E-state index in [2.05, 4.69) is 24.1 Å². The number of nitrogens with zero attached hydrogens (tertiary/aromatic N) is 3. The van der Waals surface area contributed by atoms with Crippen LogP contribution in [-0.4, -0.2) is 39.3 Å². The molecular formula is C15H21N9O2S2. The molecule has 13 heteroatoms. The molecule has 0 amide bonds. The van der Waals surface area contributed by atoms with E-state index in [4.69, 9.17) is 23.0 Å². The third-order valence-corrected chi connectivity index (χ3v) is 7.19. The highest BCUT2D eigenvalue weighted by atomic mass is 32.2. The number of nitrogens with two attached hydrogens (primary N) is 4. The van der Waals surface area contributed by atoms with Crippen LogP contribution in [0.4, 0.5) is 5.69 Å². The van der Waals surface area contributed by atoms with Crippen molar-refractivity contribution in [1.29, 1.82) is 0 Å². The molecule has 11 nitrogen and oxygen atoms in total. The minimum atomic E-state index is -1.69. The maximum absolute atomic E-state index is 12.8. The van der Waals surface area contributed by atoms with Crippen LogP contribution in [0, 0.1) is 0 Å². The van der Waals surface area contributed by atoms with Crippen molar-refractivity contribution >= 4 is 33.4 Å². The Hall–Kier alpha value is -2.42. The van der Waals surface area contributed by atoms with Crippen molar-refractivity contribution < 1.29 is 9.32 Å². The Morgan fingerprint density at radius 2 is 2.11 bits per heavy atom. The van der Waals surface area contributed by atoms with Crippen molar-refractivity contribution in [2.45, 2.75) is 15.9 Å². The molecule has 0 fully saturated rings. The van der Waals surface area contributed by atoms with Gasteiger partial charge in [-0.25, -0.2) is 20.3 Å². The minimum Gasteiger partial charge on any atom is -0.397 e. The van der Waals surface area contributed by atoms with Gasteiger partial charge in [-0.15, -0.1) is 8.87 Å². The molecule has 2 heterocycles. The number of aromatic nitrogens is 1. The van der Waals surface area contributed by atoms with Crippen molar-refractivity contribution in [1.82, 2.24) is 15.2 Å². The van der Waals surface area contributed by atoms with Crippen LogP contribution in [0.3, 0.4) is 0 Å². The Morgan fingerprint density at radius 3 is 2.79 bits per heavy atom. The van der Waals surface area contributed by atoms with Gasteiger partial charge >= 0.3 is 0 Å². The van der Waals surface area contributed by atoms with Gasteiger partial charge in [0.2, 0.25) is 0 Å². The minimum absolute atomic E-state index is 0.0431. The molecule has 1 aliphatic rings. The zero-order chi connectivity index (χ0) is 20.3. The van der Waals surface area contributed by atoms with Crippen molar-refractivity contribution in [2.75, 3.05) is 18.8 Å². The van der Waals surface area contributed by atoms with Crippen molar-refractivity contribution in [3.63, 3.8) is 0 Å². The monoisotopic (exact) mass is 423 g/mol. The largest absolute Gasteiger partial charge is 0.397 e. The first-order valence-electron chi connectivity index (χ1n) is 8.13. The topological polar surface area (TPSA) is 203 Å². The van der Waals surface area contributed by atoms with Gasteiger partial charge < -0.3 is 22.3 Å². The summed E-state index contributed by atoms with van der Waals surface area (Å²) in [5.74, 6) is 5.33. The molecule has 3 atom stereocenters. The van der Waals surface area contributed by atoms with Crippen molar-refractivity contribution in [3.8, 4) is 11.1 Å². The number of nitrogen functional groups attached to an aromatic ring is 1. The molecular weight excluding hydrogens is 402 g/mol. The number of benzene rings is 1. The van der Waals surface area contributed by atoms with Crippen LogP contribution in [0.2, 0.25) is 0 Å². The number of nitrogens with one attached hydrogen (secondary N) is 2. The summed E-state index contributed by atoms with van der Waals surface area (Å²) in [6, 6.07) is 5.34. The van der Waals surface area contributed by atoms with E-state index in [1.807, 2.05) is 0 Å². The van der Waals surface area contributed by atoms with Gasteiger partial charge in [-0.3, -0.25) is 4.98 Å². The lowest BCUT2D eigenvalue weighted by Crippen LogP contribution is -2.33. The number of amidine groups is 1. The molecule has 0 saturated carbocycles. The number of hydrazone groups is 1. The molecule has 1 aliphatic heterocycles. The number of anilines is 1. The number of hydrazine groups is 1. The quantitative estimate of drug-likeness (QED) is 0.119. The fourth-order valence-electron chi connectivity index (χ4n) is 2.65. The van der Waals surface area contributed by atoms with E-state index in [9.17, 15) is 9.32 Å². The second kappa shape index (κ2) is 8.72. The maximum Gasteiger partial charge on any atom is 0.182 e. The van der Waals surface area contributed by atoms with Crippen LogP contribution in [-0.2, 0) is 21.9 Å². The summed E-state index contributed by atoms with van der Waals surface area (Å²) >= 11 is 0. The molecule has 1 aromatic heterocycles. The van der Waals surface area contributed by atoms with Crippen LogP contribution in [0.1, 0.15) is 5.56 Å². The molecule has 3 rings (SSSR count). The lowest BCUT2D eigenvalue weighted by Gasteiger charge is -2.15. The summed E-state index contributed by atoms with van der Waals surface area (Å²) in [4.78, 5) is 5.09. The standard InChI is InChI=1S/C15H21N9O2S2/c16-5-8(25)6-21-27-12-2-1-10(9-3-4-20-7-11(9)17)13(15(18)22-23-19)14(12)28(26)24-27/h1-4,7-8,23,25H,5-6,16-17,19H2,(H2,18,22)(H,21,24). The Morgan fingerprint density at radius 1 is 1.32 bits per heavy atom. The normalized spacial score (nSPS) is 19.8. The number of aliphatic hydroxyl groups excluding tert-OH is 1. The van der Waals surface area contributed by atoms with Crippen LogP contribution >= 0.6 is 0 Å². The second-order valence-corrected chi connectivity index (χ2v) is 8.55. The highest BCUT2D eigenvalue weighted by Crippen LogP contribution is 2.37. The van der Waals surface area contributed by atoms with E-state index in [0.717, 1.165) is 0 Å². The molecule has 2 aromatic rings. The van der Waals surface area contributed by atoms with Crippen LogP contribution < -0.4 is 33.3 Å². The number of fused-ring (bicyclic) bond motifs is 1. The molecule has 3 unspecified atom stereocenters. The van der Waals surface area contributed by atoms with Crippen molar-refractivity contribution in [3.05, 3.63) is 36.2 Å². The molecule has 150 valence electrons. The average Bonchev–Trinajstić information content (AvgIpc) is 3.02. The summed E-state index contributed by atoms with van der Waals surface area (Å²) in [5, 5.41) is 13.5. The van der Waals surface area contributed by atoms with Gasteiger partial charge in [-0.05, 0) is 17.7 Å². The summed E-state index contributed by atoms with van der Waals surface area (Å²) in [6.07, 6.45) is 2.38. The van der Waals surface area contributed by atoms with Crippen LogP contribution in [0.5, 0.6) is 0 Å². The van der Waals surface area contributed by atoms with Gasteiger partial charge in [0.1, 0.15) is 0 Å². The lowest BCUT2D eigenvalue weighted by atomic mass is 9.98. The highest BCUT2D eigenvalue weighted by molar-refractivity contribution is 7.98. The molecule has 0 bridgehead atoms. The first-order chi connectivity index (χ1) is 13.5. The number of pyridine rings is 1. The third kappa shape index (κ3) is 3.89. The Kier molecular flexibility index (Phi) is 6.33. The summed E-state index contributed by atoms with van der Waals surface area (Å²) in [6.45, 7) is 0.315. The van der Waals surface area contributed by atoms with Gasteiger partial charge in [-0.2, -0.15) is 0 Å². The average molecular weight is 424 g/mol. The van der Waals surface area contributed by atoms with E-state index in [-0.39, 0.29) is 18.9 Å². The van der Waals surface area contributed by atoms with Gasteiger partial charge in [0.05, 0.1) is 27.8 Å². The smallest absolute Gasteiger partial charge is 0.182 e. The molecule has 28 heavy (non-hydrogen) atoms. The highest BCUT2D eigenvalue weighted by Gasteiger charge is 2.29. The summed E-state index contributed by atoms with van der Waals surface area (Å²) in [5.41, 5.74) is 21.9. The second-order valence-electron chi connectivity index (χ2n) is 5.75. The van der Waals surface area contributed by atoms with Gasteiger partial charge in [-0.1, -0.05) is 6.07 Å². The Bertz CT molecular complexity index is 980. The zero-order valence-electron chi connectivity index (χ0n) is 14.7. The van der Waals surface area contributed by atoms with E-state index < -0.39 is 28.0 Å². The fraction of sp³-hybridized carbons (Fsp3) is 0.200. The van der Waals surface area contributed by atoms with Gasteiger partial charge in [0, 0.05) is 41.3 Å². The van der Waals surface area contributed by atoms with Gasteiger partial charge in [0.15, 0.2) is 16.8 Å². The SMILES string of the molecule is NCC(O)CNS1=NS(=O)c2c1ccc(-c1ccncc1N)c2/C(N)=N/NN. The maximum atomic E-state index is 12.8. The Balaban J connectivity index is 2.15. The zero-order valence-corrected chi connectivity index (χ0v) is 16.3. The molecule has 0 radical (unpaired) electrons. The predicted molar refractivity (Wildman–Crippen MR) is 110 cm³/mol. The third-order valence-electron chi connectivity index (χ3n) is 3.96. The summed E-state index contributed by atoms with van der Waals surface area (Å²) in [7, 11) is -2.60. The summed E-state index contributed by atoms with van der Waals surface area (Å²) < 4.78 is 20.1. The molecule has 0 spiro atoms. The molecule has 1 aromatic carbocycles. The number of aliphatic hydroxyl groups is 1. The van der Waals surface area contributed by atoms with E-state index in [1.54, 1.807) is 24.4 Å². The first-order valence-corrected chi connectivity index (χ1v) is 10.4. The van der Waals surface area contributed by atoms with E-state index in [0.29, 0.717) is 32.2 Å². The number of hydrogen-bond donors (Lipinski definition) is 7. The van der Waals surface area contributed by atoms with Gasteiger partial charge in [0.25, 0.3) is 0 Å². The Labute approximate surface area is 166 Å². The van der Waals surface area contributed by atoms with Crippen molar-refractivity contribution in [2.24, 2.45) is 26.2 Å². The van der Waals surface area contributed by atoms with E-state index >= 15 is 0 Å². The van der Waals surface area contributed by atoms with Crippen LogP contribution in [0.15, 0.2) is 49.3 Å². The lowest BCUT2D eigenvalue weighted by molar-refractivity contribution is 0.187.